The minimum Gasteiger partial charge on any atom is -0.257 e. The van der Waals surface area contributed by atoms with E-state index in [1.165, 1.54) is 0 Å². The standard InChI is InChI=1S/C18H14N4/c1-2-7-14(8-3-1)18-15-9-4-5-10-16(15)22(21-18)13-17-19-11-6-12-20-17/h1-12H,13H2. The molecule has 0 N–H and O–H groups in total. The quantitative estimate of drug-likeness (QED) is 0.578. The molecular formula is C18H14N4. The molecule has 2 heterocycles. The maximum atomic E-state index is 4.79. The summed E-state index contributed by atoms with van der Waals surface area (Å²) >= 11 is 0. The van der Waals surface area contributed by atoms with E-state index in [0.717, 1.165) is 28.0 Å². The number of hydrogen-bond donors (Lipinski definition) is 0. The molecule has 0 saturated carbocycles. The third kappa shape index (κ3) is 2.24. The molecule has 0 aliphatic rings. The van der Waals surface area contributed by atoms with Crippen LogP contribution in [0.4, 0.5) is 0 Å². The van der Waals surface area contributed by atoms with E-state index < -0.39 is 0 Å². The lowest BCUT2D eigenvalue weighted by atomic mass is 10.1. The third-order valence-corrected chi connectivity index (χ3v) is 3.62. The van der Waals surface area contributed by atoms with Gasteiger partial charge < -0.3 is 0 Å². The molecule has 0 bridgehead atoms. The van der Waals surface area contributed by atoms with Gasteiger partial charge in [-0.25, -0.2) is 9.97 Å². The Kier molecular flexibility index (Phi) is 3.12. The molecule has 22 heavy (non-hydrogen) atoms. The lowest BCUT2D eigenvalue weighted by Gasteiger charge is -2.01. The molecule has 2 aromatic carbocycles. The average molecular weight is 286 g/mol. The third-order valence-electron chi connectivity index (χ3n) is 3.62. The smallest absolute Gasteiger partial charge is 0.149 e. The van der Waals surface area contributed by atoms with E-state index in [2.05, 4.69) is 34.2 Å². The molecule has 4 aromatic rings. The van der Waals surface area contributed by atoms with Gasteiger partial charge in [-0.1, -0.05) is 48.5 Å². The molecule has 106 valence electrons. The average Bonchev–Trinajstić information content (AvgIpc) is 2.96. The molecule has 4 heteroatoms. The lowest BCUT2D eigenvalue weighted by molar-refractivity contribution is 0.679. The summed E-state index contributed by atoms with van der Waals surface area (Å²) in [5, 5.41) is 5.93. The predicted octanol–water partition coefficient (Wildman–Crippen LogP) is 3.54. The molecule has 0 atom stereocenters. The van der Waals surface area contributed by atoms with Gasteiger partial charge in [0.15, 0.2) is 0 Å². The topological polar surface area (TPSA) is 43.6 Å². The first-order valence-corrected chi connectivity index (χ1v) is 7.19. The van der Waals surface area contributed by atoms with Crippen molar-refractivity contribution in [1.29, 1.82) is 0 Å². The SMILES string of the molecule is c1ccc(-c2nn(Cc3ncccn3)c3ccccc23)cc1. The molecule has 2 aromatic heterocycles. The maximum Gasteiger partial charge on any atom is 0.149 e. The summed E-state index contributed by atoms with van der Waals surface area (Å²) in [6, 6.07) is 20.3. The van der Waals surface area contributed by atoms with Gasteiger partial charge in [0.05, 0.1) is 5.52 Å². The molecule has 0 spiro atoms. The number of nitrogens with zero attached hydrogens (tertiary/aromatic N) is 4. The fraction of sp³-hybridized carbons (Fsp3) is 0.0556. The lowest BCUT2D eigenvalue weighted by Crippen LogP contribution is -2.05. The van der Waals surface area contributed by atoms with Gasteiger partial charge in [-0.3, -0.25) is 4.68 Å². The van der Waals surface area contributed by atoms with Crippen LogP contribution in [0, 0.1) is 0 Å². The van der Waals surface area contributed by atoms with E-state index in [1.807, 2.05) is 41.1 Å². The second kappa shape index (κ2) is 5.41. The first-order chi connectivity index (χ1) is 10.9. The molecule has 0 aliphatic carbocycles. The van der Waals surface area contributed by atoms with Crippen molar-refractivity contribution in [3.8, 4) is 11.3 Å². The number of fused-ring (bicyclic) bond motifs is 1. The second-order valence-corrected chi connectivity index (χ2v) is 5.05. The Morgan fingerprint density at radius 1 is 0.773 bits per heavy atom. The molecule has 0 saturated heterocycles. The zero-order valence-corrected chi connectivity index (χ0v) is 11.9. The van der Waals surface area contributed by atoms with Gasteiger partial charge in [-0.05, 0) is 12.1 Å². The zero-order chi connectivity index (χ0) is 14.8. The second-order valence-electron chi connectivity index (χ2n) is 5.05. The Labute approximate surface area is 128 Å². The van der Waals surface area contributed by atoms with Gasteiger partial charge in [0.25, 0.3) is 0 Å². The maximum absolute atomic E-state index is 4.79. The molecule has 4 nitrogen and oxygen atoms in total. The first kappa shape index (κ1) is 12.7. The summed E-state index contributed by atoms with van der Waals surface area (Å²) in [7, 11) is 0. The van der Waals surface area contributed by atoms with Crippen molar-refractivity contribution in [3.63, 3.8) is 0 Å². The van der Waals surface area contributed by atoms with Crippen molar-refractivity contribution < 1.29 is 0 Å². The number of para-hydroxylation sites is 1. The van der Waals surface area contributed by atoms with E-state index in [1.54, 1.807) is 12.4 Å². The highest BCUT2D eigenvalue weighted by atomic mass is 15.3. The van der Waals surface area contributed by atoms with Gasteiger partial charge in [-0.2, -0.15) is 5.10 Å². The normalized spacial score (nSPS) is 10.9. The number of aromatic nitrogens is 4. The van der Waals surface area contributed by atoms with Crippen LogP contribution >= 0.6 is 0 Å². The van der Waals surface area contributed by atoms with Crippen LogP contribution in [0.3, 0.4) is 0 Å². The van der Waals surface area contributed by atoms with E-state index in [9.17, 15) is 0 Å². The van der Waals surface area contributed by atoms with Crippen LogP contribution in [0.5, 0.6) is 0 Å². The number of benzene rings is 2. The summed E-state index contributed by atoms with van der Waals surface area (Å²) in [6.07, 6.45) is 3.51. The van der Waals surface area contributed by atoms with E-state index in [0.29, 0.717) is 6.54 Å². The monoisotopic (exact) mass is 286 g/mol. The summed E-state index contributed by atoms with van der Waals surface area (Å²) in [6.45, 7) is 0.564. The van der Waals surface area contributed by atoms with Gasteiger partial charge >= 0.3 is 0 Å². The van der Waals surface area contributed by atoms with Gasteiger partial charge in [-0.15, -0.1) is 0 Å². The van der Waals surface area contributed by atoms with E-state index >= 15 is 0 Å². The number of hydrogen-bond acceptors (Lipinski definition) is 3. The molecule has 0 unspecified atom stereocenters. The molecule has 0 radical (unpaired) electrons. The van der Waals surface area contributed by atoms with Crippen molar-refractivity contribution in [2.45, 2.75) is 6.54 Å². The molecular weight excluding hydrogens is 272 g/mol. The van der Waals surface area contributed by atoms with E-state index in [4.69, 9.17) is 5.10 Å². The van der Waals surface area contributed by atoms with Gasteiger partial charge in [0, 0.05) is 23.3 Å². The van der Waals surface area contributed by atoms with Crippen LogP contribution in [0.15, 0.2) is 73.1 Å². The van der Waals surface area contributed by atoms with Crippen molar-refractivity contribution in [2.24, 2.45) is 0 Å². The minimum atomic E-state index is 0.564. The van der Waals surface area contributed by atoms with Crippen LogP contribution in [0.2, 0.25) is 0 Å². The van der Waals surface area contributed by atoms with Gasteiger partial charge in [0.1, 0.15) is 18.1 Å². The Hall–Kier alpha value is -3.01. The van der Waals surface area contributed by atoms with E-state index in [-0.39, 0.29) is 0 Å². The largest absolute Gasteiger partial charge is 0.257 e. The predicted molar refractivity (Wildman–Crippen MR) is 86.3 cm³/mol. The van der Waals surface area contributed by atoms with Crippen LogP contribution in [-0.4, -0.2) is 19.7 Å². The highest BCUT2D eigenvalue weighted by Gasteiger charge is 2.12. The summed E-state index contributed by atoms with van der Waals surface area (Å²) in [5.41, 5.74) is 3.20. The summed E-state index contributed by atoms with van der Waals surface area (Å²) in [4.78, 5) is 8.58. The fourth-order valence-electron chi connectivity index (χ4n) is 2.60. The highest BCUT2D eigenvalue weighted by molar-refractivity contribution is 5.93. The van der Waals surface area contributed by atoms with Crippen LogP contribution in [0.1, 0.15) is 5.82 Å². The van der Waals surface area contributed by atoms with Crippen molar-refractivity contribution in [3.05, 3.63) is 78.9 Å². The molecule has 0 amide bonds. The Morgan fingerprint density at radius 2 is 1.50 bits per heavy atom. The fourth-order valence-corrected chi connectivity index (χ4v) is 2.60. The van der Waals surface area contributed by atoms with Crippen LogP contribution in [-0.2, 0) is 6.54 Å². The zero-order valence-electron chi connectivity index (χ0n) is 11.9. The minimum absolute atomic E-state index is 0.564. The summed E-state index contributed by atoms with van der Waals surface area (Å²) < 4.78 is 1.97. The van der Waals surface area contributed by atoms with Gasteiger partial charge in [0.2, 0.25) is 0 Å². The van der Waals surface area contributed by atoms with Crippen LogP contribution < -0.4 is 0 Å². The molecule has 4 rings (SSSR count). The van der Waals surface area contributed by atoms with Crippen molar-refractivity contribution >= 4 is 10.9 Å². The Balaban J connectivity index is 1.86. The molecule has 0 aliphatic heterocycles. The highest BCUT2D eigenvalue weighted by Crippen LogP contribution is 2.27. The van der Waals surface area contributed by atoms with Crippen molar-refractivity contribution in [1.82, 2.24) is 19.7 Å². The molecule has 0 fully saturated rings. The number of rotatable bonds is 3. The Bertz CT molecular complexity index is 898. The van der Waals surface area contributed by atoms with Crippen LogP contribution in [0.25, 0.3) is 22.2 Å². The Morgan fingerprint density at radius 3 is 2.32 bits per heavy atom. The first-order valence-electron chi connectivity index (χ1n) is 7.19. The summed E-state index contributed by atoms with van der Waals surface area (Å²) in [5.74, 6) is 0.760. The van der Waals surface area contributed by atoms with Crippen molar-refractivity contribution in [2.75, 3.05) is 0 Å².